The zero-order chi connectivity index (χ0) is 13.7. The standard InChI is InChI=1S/C15H22N2O2/c1-16(12-15(18)19)14-8-5-9-17(11-14)10-13-6-3-2-4-7-13/h2-4,6-7,14H,5,8-12H2,1H3,(H,18,19)/t14-/m0/s1. The third kappa shape index (κ3) is 4.33. The number of piperidine rings is 1. The van der Waals surface area contributed by atoms with Gasteiger partial charge in [-0.25, -0.2) is 0 Å². The minimum absolute atomic E-state index is 0.129. The van der Waals surface area contributed by atoms with Gasteiger partial charge in [0.15, 0.2) is 0 Å². The lowest BCUT2D eigenvalue weighted by atomic mass is 10.0. The Morgan fingerprint density at radius 1 is 1.42 bits per heavy atom. The second-order valence-corrected chi connectivity index (χ2v) is 5.33. The number of hydrogen-bond acceptors (Lipinski definition) is 3. The maximum absolute atomic E-state index is 10.8. The molecule has 4 nitrogen and oxygen atoms in total. The van der Waals surface area contributed by atoms with E-state index in [4.69, 9.17) is 5.11 Å². The van der Waals surface area contributed by atoms with E-state index in [1.54, 1.807) is 0 Å². The summed E-state index contributed by atoms with van der Waals surface area (Å²) in [7, 11) is 1.91. The summed E-state index contributed by atoms with van der Waals surface area (Å²) in [6, 6.07) is 10.8. The molecule has 2 rings (SSSR count). The Morgan fingerprint density at radius 2 is 2.16 bits per heavy atom. The molecule has 1 heterocycles. The number of likely N-dealkylation sites (N-methyl/N-ethyl adjacent to an activating group) is 1. The lowest BCUT2D eigenvalue weighted by Gasteiger charge is -2.37. The van der Waals surface area contributed by atoms with Crippen LogP contribution in [0, 0.1) is 0 Å². The van der Waals surface area contributed by atoms with Crippen LogP contribution in [0.4, 0.5) is 0 Å². The molecular formula is C15H22N2O2. The van der Waals surface area contributed by atoms with Gasteiger partial charge in [-0.1, -0.05) is 30.3 Å². The molecule has 1 N–H and O–H groups in total. The molecule has 1 atom stereocenters. The summed E-state index contributed by atoms with van der Waals surface area (Å²) < 4.78 is 0. The van der Waals surface area contributed by atoms with Crippen LogP contribution in [0.5, 0.6) is 0 Å². The van der Waals surface area contributed by atoms with Crippen molar-refractivity contribution in [3.8, 4) is 0 Å². The number of hydrogen-bond donors (Lipinski definition) is 1. The van der Waals surface area contributed by atoms with Crippen molar-refractivity contribution in [3.63, 3.8) is 0 Å². The third-order valence-corrected chi connectivity index (χ3v) is 3.74. The second kappa shape index (κ2) is 6.68. The van der Waals surface area contributed by atoms with Crippen LogP contribution in [-0.4, -0.2) is 53.6 Å². The molecule has 104 valence electrons. The van der Waals surface area contributed by atoms with Crippen molar-refractivity contribution in [2.75, 3.05) is 26.7 Å². The van der Waals surface area contributed by atoms with E-state index in [-0.39, 0.29) is 6.54 Å². The molecule has 0 aliphatic carbocycles. The van der Waals surface area contributed by atoms with Crippen molar-refractivity contribution >= 4 is 5.97 Å². The Hall–Kier alpha value is -1.39. The molecule has 4 heteroatoms. The predicted octanol–water partition coefficient (Wildman–Crippen LogP) is 1.67. The number of likely N-dealkylation sites (tertiary alicyclic amines) is 1. The average molecular weight is 262 g/mol. The minimum Gasteiger partial charge on any atom is -0.480 e. The molecule has 0 bridgehead atoms. The van der Waals surface area contributed by atoms with Gasteiger partial charge < -0.3 is 5.11 Å². The highest BCUT2D eigenvalue weighted by Gasteiger charge is 2.24. The second-order valence-electron chi connectivity index (χ2n) is 5.33. The van der Waals surface area contributed by atoms with Gasteiger partial charge in [-0.3, -0.25) is 14.6 Å². The molecule has 0 radical (unpaired) electrons. The van der Waals surface area contributed by atoms with Crippen LogP contribution in [0.25, 0.3) is 0 Å². The van der Waals surface area contributed by atoms with Crippen LogP contribution in [0.15, 0.2) is 30.3 Å². The molecular weight excluding hydrogens is 240 g/mol. The molecule has 1 aromatic rings. The number of carboxylic acids is 1. The maximum Gasteiger partial charge on any atom is 0.317 e. The normalized spacial score (nSPS) is 20.6. The first-order chi connectivity index (χ1) is 9.15. The van der Waals surface area contributed by atoms with E-state index >= 15 is 0 Å². The number of rotatable bonds is 5. The van der Waals surface area contributed by atoms with E-state index in [1.165, 1.54) is 5.56 Å². The number of nitrogens with zero attached hydrogens (tertiary/aromatic N) is 2. The van der Waals surface area contributed by atoms with Gasteiger partial charge in [-0.05, 0) is 32.0 Å². The van der Waals surface area contributed by atoms with E-state index in [1.807, 2.05) is 18.0 Å². The highest BCUT2D eigenvalue weighted by atomic mass is 16.4. The molecule has 0 spiro atoms. The summed E-state index contributed by atoms with van der Waals surface area (Å²) in [6.07, 6.45) is 2.23. The van der Waals surface area contributed by atoms with Crippen molar-refractivity contribution < 1.29 is 9.90 Å². The maximum atomic E-state index is 10.8. The quantitative estimate of drug-likeness (QED) is 0.876. The SMILES string of the molecule is CN(CC(=O)O)[C@H]1CCCN(Cc2ccccc2)C1. The smallest absolute Gasteiger partial charge is 0.317 e. The fourth-order valence-electron chi connectivity index (χ4n) is 2.72. The van der Waals surface area contributed by atoms with E-state index in [0.717, 1.165) is 32.5 Å². The molecule has 0 amide bonds. The average Bonchev–Trinajstić information content (AvgIpc) is 2.39. The van der Waals surface area contributed by atoms with Gasteiger partial charge in [-0.15, -0.1) is 0 Å². The first kappa shape index (κ1) is 14.0. The molecule has 1 aromatic carbocycles. The zero-order valence-corrected chi connectivity index (χ0v) is 11.5. The van der Waals surface area contributed by atoms with E-state index in [0.29, 0.717) is 6.04 Å². The van der Waals surface area contributed by atoms with Crippen LogP contribution in [0.3, 0.4) is 0 Å². The number of carboxylic acid groups (broad SMARTS) is 1. The van der Waals surface area contributed by atoms with Crippen molar-refractivity contribution in [1.82, 2.24) is 9.80 Å². The third-order valence-electron chi connectivity index (χ3n) is 3.74. The summed E-state index contributed by atoms with van der Waals surface area (Å²) in [5, 5.41) is 8.86. The van der Waals surface area contributed by atoms with Crippen LogP contribution in [0.1, 0.15) is 18.4 Å². The van der Waals surface area contributed by atoms with E-state index < -0.39 is 5.97 Å². The highest BCUT2D eigenvalue weighted by molar-refractivity contribution is 5.69. The lowest BCUT2D eigenvalue weighted by molar-refractivity contribution is -0.138. The van der Waals surface area contributed by atoms with E-state index in [9.17, 15) is 4.79 Å². The Bertz CT molecular complexity index is 408. The first-order valence-electron chi connectivity index (χ1n) is 6.83. The van der Waals surface area contributed by atoms with Gasteiger partial charge in [0, 0.05) is 19.1 Å². The van der Waals surface area contributed by atoms with Crippen LogP contribution < -0.4 is 0 Å². The summed E-state index contributed by atoms with van der Waals surface area (Å²) in [5.41, 5.74) is 1.32. The monoisotopic (exact) mass is 262 g/mol. The molecule has 0 saturated carbocycles. The summed E-state index contributed by atoms with van der Waals surface area (Å²) in [5.74, 6) is -0.748. The summed E-state index contributed by atoms with van der Waals surface area (Å²) in [6.45, 7) is 3.15. The van der Waals surface area contributed by atoms with Crippen LogP contribution >= 0.6 is 0 Å². The fourth-order valence-corrected chi connectivity index (χ4v) is 2.72. The van der Waals surface area contributed by atoms with Gasteiger partial charge >= 0.3 is 5.97 Å². The van der Waals surface area contributed by atoms with Crippen molar-refractivity contribution in [1.29, 1.82) is 0 Å². The van der Waals surface area contributed by atoms with Gasteiger partial charge in [0.2, 0.25) is 0 Å². The lowest BCUT2D eigenvalue weighted by Crippen LogP contribution is -2.47. The fraction of sp³-hybridized carbons (Fsp3) is 0.533. The molecule has 19 heavy (non-hydrogen) atoms. The van der Waals surface area contributed by atoms with Crippen LogP contribution in [0.2, 0.25) is 0 Å². The Balaban J connectivity index is 1.88. The largest absolute Gasteiger partial charge is 0.480 e. The molecule has 1 saturated heterocycles. The van der Waals surface area contributed by atoms with Crippen molar-refractivity contribution in [2.45, 2.75) is 25.4 Å². The number of benzene rings is 1. The topological polar surface area (TPSA) is 43.8 Å². The Morgan fingerprint density at radius 3 is 2.84 bits per heavy atom. The van der Waals surface area contributed by atoms with Gasteiger partial charge in [-0.2, -0.15) is 0 Å². The molecule has 1 aliphatic heterocycles. The molecule has 1 fully saturated rings. The van der Waals surface area contributed by atoms with Gasteiger partial charge in [0.1, 0.15) is 0 Å². The molecule has 1 aliphatic rings. The zero-order valence-electron chi connectivity index (χ0n) is 11.5. The number of carbonyl (C=O) groups is 1. The van der Waals surface area contributed by atoms with E-state index in [2.05, 4.69) is 29.2 Å². The van der Waals surface area contributed by atoms with Crippen molar-refractivity contribution in [3.05, 3.63) is 35.9 Å². The minimum atomic E-state index is -0.748. The van der Waals surface area contributed by atoms with Crippen LogP contribution in [-0.2, 0) is 11.3 Å². The predicted molar refractivity (Wildman–Crippen MR) is 75.0 cm³/mol. The highest BCUT2D eigenvalue weighted by Crippen LogP contribution is 2.17. The Kier molecular flexibility index (Phi) is 4.93. The summed E-state index contributed by atoms with van der Waals surface area (Å²) in [4.78, 5) is 15.1. The molecule has 0 aromatic heterocycles. The Labute approximate surface area is 114 Å². The van der Waals surface area contributed by atoms with Crippen molar-refractivity contribution in [2.24, 2.45) is 0 Å². The van der Waals surface area contributed by atoms with Gasteiger partial charge in [0.25, 0.3) is 0 Å². The first-order valence-corrected chi connectivity index (χ1v) is 6.83. The number of aliphatic carboxylic acids is 1. The summed E-state index contributed by atoms with van der Waals surface area (Å²) >= 11 is 0. The molecule has 0 unspecified atom stereocenters. The van der Waals surface area contributed by atoms with Gasteiger partial charge in [0.05, 0.1) is 6.54 Å².